The van der Waals surface area contributed by atoms with Crippen molar-refractivity contribution in [1.82, 2.24) is 24.5 Å². The Balaban J connectivity index is 1.56. The second kappa shape index (κ2) is 6.75. The molecular formula is C17H20N6O2S. The van der Waals surface area contributed by atoms with Crippen LogP contribution in [0.3, 0.4) is 0 Å². The molecule has 1 unspecified atom stereocenters. The van der Waals surface area contributed by atoms with Gasteiger partial charge in [-0.15, -0.1) is 20.0 Å². The van der Waals surface area contributed by atoms with Gasteiger partial charge >= 0.3 is 0 Å². The first-order valence-electron chi connectivity index (χ1n) is 8.50. The molecule has 3 heterocycles. The van der Waals surface area contributed by atoms with Crippen LogP contribution in [0, 0.1) is 0 Å². The molecule has 0 bridgehead atoms. The van der Waals surface area contributed by atoms with Crippen LogP contribution in [0.1, 0.15) is 12.8 Å². The van der Waals surface area contributed by atoms with E-state index in [0.29, 0.717) is 11.5 Å². The van der Waals surface area contributed by atoms with Gasteiger partial charge in [-0.05, 0) is 25.0 Å². The molecule has 0 aliphatic carbocycles. The summed E-state index contributed by atoms with van der Waals surface area (Å²) in [6.45, 7) is 1.49. The monoisotopic (exact) mass is 372 g/mol. The largest absolute Gasteiger partial charge is 0.598 e. The highest BCUT2D eigenvalue weighted by molar-refractivity contribution is 7.95. The predicted octanol–water partition coefficient (Wildman–Crippen LogP) is 1.52. The zero-order valence-electron chi connectivity index (χ0n) is 14.4. The summed E-state index contributed by atoms with van der Waals surface area (Å²) in [6, 6.07) is 13.7. The molecule has 1 fully saturated rings. The summed E-state index contributed by atoms with van der Waals surface area (Å²) >= 11 is 0. The maximum atomic E-state index is 11.4. The summed E-state index contributed by atoms with van der Waals surface area (Å²) in [5, 5.41) is 13.2. The molecule has 8 nitrogen and oxygen atoms in total. The maximum absolute atomic E-state index is 11.4. The third-order valence-electron chi connectivity index (χ3n) is 4.48. The van der Waals surface area contributed by atoms with Crippen molar-refractivity contribution in [1.29, 1.82) is 0 Å². The summed E-state index contributed by atoms with van der Waals surface area (Å²) in [5.74, 6) is 1.54. The van der Waals surface area contributed by atoms with E-state index in [4.69, 9.17) is 5.10 Å². The normalized spacial score (nSPS) is 18.2. The lowest BCUT2D eigenvalue weighted by Gasteiger charge is -2.32. The summed E-state index contributed by atoms with van der Waals surface area (Å²) in [6.07, 6.45) is 2.70. The second-order valence-corrected chi connectivity index (χ2v) is 8.28. The number of anilines is 1. The van der Waals surface area contributed by atoms with E-state index in [-0.39, 0.29) is 6.04 Å². The minimum Gasteiger partial charge on any atom is -0.598 e. The molecule has 26 heavy (non-hydrogen) atoms. The molecule has 0 radical (unpaired) electrons. The average Bonchev–Trinajstić information content (AvgIpc) is 3.05. The maximum Gasteiger partial charge on any atom is 0.185 e. The number of benzene rings is 1. The first kappa shape index (κ1) is 17.1. The molecule has 1 aliphatic heterocycles. The zero-order valence-corrected chi connectivity index (χ0v) is 15.2. The minimum absolute atomic E-state index is 0.0141. The Morgan fingerprint density at radius 3 is 2.54 bits per heavy atom. The van der Waals surface area contributed by atoms with Gasteiger partial charge in [-0.2, -0.15) is 4.52 Å². The fourth-order valence-electron chi connectivity index (χ4n) is 3.24. The van der Waals surface area contributed by atoms with Gasteiger partial charge in [-0.1, -0.05) is 34.5 Å². The lowest BCUT2D eigenvalue weighted by Crippen LogP contribution is -2.46. The van der Waals surface area contributed by atoms with E-state index in [9.17, 15) is 8.76 Å². The number of rotatable bonds is 4. The standard InChI is InChI=1S/C17H20N6O2S/c1-26(24,25)21-14-9-11-22(12-10-14)16-8-7-15-18-19-17(23(15)20-16)13-5-3-2-4-6-13/h2-8,14H,9-12H2,1H3,(H-,21,24,25). The van der Waals surface area contributed by atoms with Crippen molar-refractivity contribution in [2.75, 3.05) is 24.2 Å². The topological polar surface area (TPSA) is 98.5 Å². The first-order valence-corrected chi connectivity index (χ1v) is 10.4. The van der Waals surface area contributed by atoms with E-state index in [1.165, 1.54) is 6.26 Å². The summed E-state index contributed by atoms with van der Waals surface area (Å²) in [4.78, 5) is 2.16. The van der Waals surface area contributed by atoms with Gasteiger partial charge in [0.1, 0.15) is 22.5 Å². The van der Waals surface area contributed by atoms with E-state index in [0.717, 1.165) is 37.3 Å². The minimum atomic E-state index is -3.17. The van der Waals surface area contributed by atoms with Crippen LogP contribution in [0.4, 0.5) is 5.82 Å². The molecule has 2 aromatic heterocycles. The molecule has 136 valence electrons. The van der Waals surface area contributed by atoms with Crippen molar-refractivity contribution >= 4 is 21.9 Å². The fraction of sp³-hybridized carbons (Fsp3) is 0.353. The molecule has 0 spiro atoms. The Hall–Kier alpha value is -2.36. The molecule has 9 heteroatoms. The van der Waals surface area contributed by atoms with Crippen molar-refractivity contribution < 1.29 is 8.76 Å². The van der Waals surface area contributed by atoms with Crippen molar-refractivity contribution in [2.24, 2.45) is 0 Å². The summed E-state index contributed by atoms with van der Waals surface area (Å²) in [7, 11) is -3.17. The van der Waals surface area contributed by atoms with Crippen LogP contribution in [0.2, 0.25) is 0 Å². The number of nitrogens with one attached hydrogen (secondary N) is 1. The molecule has 0 saturated carbocycles. The quantitative estimate of drug-likeness (QED) is 0.697. The Kier molecular flexibility index (Phi) is 4.43. The van der Waals surface area contributed by atoms with Gasteiger partial charge in [0, 0.05) is 18.7 Å². The van der Waals surface area contributed by atoms with Gasteiger partial charge in [0.25, 0.3) is 0 Å². The lowest BCUT2D eigenvalue weighted by atomic mass is 10.1. The molecular weight excluding hydrogens is 352 g/mol. The number of hydrogen-bond acceptors (Lipinski definition) is 6. The van der Waals surface area contributed by atoms with Crippen LogP contribution >= 0.6 is 0 Å². The zero-order chi connectivity index (χ0) is 18.1. The van der Waals surface area contributed by atoms with Crippen LogP contribution in [0.25, 0.3) is 17.0 Å². The van der Waals surface area contributed by atoms with Crippen molar-refractivity contribution in [3.05, 3.63) is 42.5 Å². The number of nitrogens with zero attached hydrogens (tertiary/aromatic N) is 5. The van der Waals surface area contributed by atoms with Crippen LogP contribution in [-0.4, -0.2) is 49.8 Å². The summed E-state index contributed by atoms with van der Waals surface area (Å²) in [5.41, 5.74) is 1.65. The third kappa shape index (κ3) is 3.59. The van der Waals surface area contributed by atoms with E-state index in [1.807, 2.05) is 42.5 Å². The lowest BCUT2D eigenvalue weighted by molar-refractivity contribution is 0.422. The number of piperidine rings is 1. The summed E-state index contributed by atoms with van der Waals surface area (Å²) < 4.78 is 27.2. The van der Waals surface area contributed by atoms with Crippen LogP contribution in [0.15, 0.2) is 42.5 Å². The smallest absolute Gasteiger partial charge is 0.185 e. The number of hydrogen-bond donors (Lipinski definition) is 1. The third-order valence-corrected chi connectivity index (χ3v) is 5.24. The first-order chi connectivity index (χ1) is 12.5. The Bertz CT molecular complexity index is 946. The number of sulfonamides is 1. The molecule has 1 N–H and O–H groups in total. The van der Waals surface area contributed by atoms with Gasteiger partial charge in [0.2, 0.25) is 0 Å². The molecule has 4 rings (SSSR count). The highest BCUT2D eigenvalue weighted by Crippen LogP contribution is 2.22. The molecule has 1 saturated heterocycles. The molecule has 1 aromatic carbocycles. The van der Waals surface area contributed by atoms with Gasteiger partial charge in [-0.3, -0.25) is 0 Å². The van der Waals surface area contributed by atoms with E-state index in [1.54, 1.807) is 4.52 Å². The number of fused-ring (bicyclic) bond motifs is 1. The van der Waals surface area contributed by atoms with Crippen molar-refractivity contribution in [3.8, 4) is 11.4 Å². The Labute approximate surface area is 152 Å². The molecule has 1 atom stereocenters. The van der Waals surface area contributed by atoms with E-state index >= 15 is 0 Å². The second-order valence-electron chi connectivity index (χ2n) is 6.50. The number of aromatic nitrogens is 4. The fourth-order valence-corrected chi connectivity index (χ4v) is 4.09. The van der Waals surface area contributed by atoms with Crippen LogP contribution in [0.5, 0.6) is 0 Å². The predicted molar refractivity (Wildman–Crippen MR) is 99.3 cm³/mol. The Morgan fingerprint density at radius 2 is 1.85 bits per heavy atom. The van der Waals surface area contributed by atoms with Gasteiger partial charge in [-0.25, -0.2) is 0 Å². The highest BCUT2D eigenvalue weighted by Gasteiger charge is 2.25. The highest BCUT2D eigenvalue weighted by atomic mass is 32.3. The molecule has 0 amide bonds. The average molecular weight is 372 g/mol. The van der Waals surface area contributed by atoms with Gasteiger partial charge in [0.15, 0.2) is 11.5 Å². The van der Waals surface area contributed by atoms with Crippen molar-refractivity contribution in [3.63, 3.8) is 0 Å². The van der Waals surface area contributed by atoms with Gasteiger partial charge < -0.3 is 9.45 Å². The molecule has 1 aliphatic rings. The van der Waals surface area contributed by atoms with Crippen LogP contribution in [-0.2, 0) is 14.6 Å². The molecule has 3 aromatic rings. The Morgan fingerprint density at radius 1 is 1.12 bits per heavy atom. The van der Waals surface area contributed by atoms with Crippen molar-refractivity contribution in [2.45, 2.75) is 18.9 Å². The van der Waals surface area contributed by atoms with Gasteiger partial charge in [0.05, 0.1) is 6.04 Å². The van der Waals surface area contributed by atoms with Crippen LogP contribution < -0.4 is 9.62 Å². The SMILES string of the molecule is C[S+](=O)([O-])NC1CCN(c2ccc3nnc(-c4ccccc4)n3n2)CC1. The van der Waals surface area contributed by atoms with E-state index < -0.39 is 10.4 Å². The van der Waals surface area contributed by atoms with E-state index in [2.05, 4.69) is 19.8 Å².